The molecule has 12 heavy (non-hydrogen) atoms. The quantitative estimate of drug-likeness (QED) is 0.358. The van der Waals surface area contributed by atoms with E-state index in [9.17, 15) is 4.79 Å². The topological polar surface area (TPSA) is 72.6 Å². The van der Waals surface area contributed by atoms with Crippen LogP contribution in [0.25, 0.3) is 0 Å². The van der Waals surface area contributed by atoms with Gasteiger partial charge >= 0.3 is 5.97 Å². The van der Waals surface area contributed by atoms with Gasteiger partial charge in [0.15, 0.2) is 0 Å². The molecule has 0 amide bonds. The molecule has 0 aromatic rings. The fourth-order valence-corrected chi connectivity index (χ4v) is 0.851. The number of carboxylic acids is 1. The van der Waals surface area contributed by atoms with Crippen LogP contribution in [0.1, 0.15) is 19.3 Å². The van der Waals surface area contributed by atoms with Crippen LogP contribution in [-0.4, -0.2) is 29.8 Å². The van der Waals surface area contributed by atoms with Gasteiger partial charge in [-0.2, -0.15) is 0 Å². The summed E-state index contributed by atoms with van der Waals surface area (Å²) in [6.45, 7) is 0.473. The maximum Gasteiger partial charge on any atom is 0.307 e. The lowest BCUT2D eigenvalue weighted by atomic mass is 10.3. The van der Waals surface area contributed by atoms with Crippen molar-refractivity contribution in [3.63, 3.8) is 0 Å². The minimum Gasteiger partial charge on any atom is -0.481 e. The van der Waals surface area contributed by atoms with Gasteiger partial charge in [-0.3, -0.25) is 4.79 Å². The van der Waals surface area contributed by atoms with Crippen molar-refractivity contribution in [3.8, 4) is 0 Å². The van der Waals surface area contributed by atoms with E-state index >= 15 is 0 Å². The van der Waals surface area contributed by atoms with Gasteiger partial charge in [0.05, 0.1) is 6.42 Å². The Bertz CT molecular complexity index is 132. The summed E-state index contributed by atoms with van der Waals surface area (Å²) in [6, 6.07) is 0. The second-order valence-electron chi connectivity index (χ2n) is 2.40. The molecule has 0 aromatic carbocycles. The summed E-state index contributed by atoms with van der Waals surface area (Å²) < 4.78 is 4.99. The van der Waals surface area contributed by atoms with E-state index in [1.54, 1.807) is 0 Å². The first-order chi connectivity index (χ1) is 5.66. The lowest BCUT2D eigenvalue weighted by molar-refractivity contribution is -0.140. The molecule has 1 unspecified atom stereocenters. The molecule has 0 fully saturated rings. The number of carboxylic acid groups (broad SMARTS) is 1. The highest BCUT2D eigenvalue weighted by molar-refractivity contribution is 6.17. The molecule has 0 aliphatic heterocycles. The Morgan fingerprint density at radius 2 is 2.25 bits per heavy atom. The summed E-state index contributed by atoms with van der Waals surface area (Å²) in [5, 5.41) is 8.31. The van der Waals surface area contributed by atoms with Crippen molar-refractivity contribution in [2.24, 2.45) is 5.73 Å². The third kappa shape index (κ3) is 7.78. The number of aliphatic carboxylic acids is 1. The largest absolute Gasteiger partial charge is 0.481 e. The molecule has 0 aromatic heterocycles. The second-order valence-corrected chi connectivity index (χ2v) is 2.78. The number of carbonyl (C=O) groups is 1. The van der Waals surface area contributed by atoms with Crippen LogP contribution in [0.2, 0.25) is 0 Å². The number of nitrogens with two attached hydrogens (primary N) is 1. The first-order valence-electron chi connectivity index (χ1n) is 3.81. The maximum atomic E-state index is 10.1. The standard InChI is InChI=1S/C7H14ClNO3/c8-3-1-2-4-12-6(9)5-7(10)11/h6H,1-5,9H2,(H,10,11). The van der Waals surface area contributed by atoms with Crippen molar-refractivity contribution < 1.29 is 14.6 Å². The predicted octanol–water partition coefficient (Wildman–Crippen LogP) is 0.781. The highest BCUT2D eigenvalue weighted by atomic mass is 35.5. The fourth-order valence-electron chi connectivity index (χ4n) is 0.662. The van der Waals surface area contributed by atoms with Gasteiger partial charge in [-0.1, -0.05) is 0 Å². The maximum absolute atomic E-state index is 10.1. The minimum absolute atomic E-state index is 0.152. The van der Waals surface area contributed by atoms with Crippen molar-refractivity contribution in [1.29, 1.82) is 0 Å². The summed E-state index contributed by atoms with van der Waals surface area (Å²) >= 11 is 5.42. The van der Waals surface area contributed by atoms with Crippen molar-refractivity contribution >= 4 is 17.6 Å². The third-order valence-electron chi connectivity index (χ3n) is 1.24. The molecule has 0 aliphatic carbocycles. The summed E-state index contributed by atoms with van der Waals surface area (Å²) in [7, 11) is 0. The highest BCUT2D eigenvalue weighted by Crippen LogP contribution is 1.96. The molecule has 1 atom stereocenters. The van der Waals surface area contributed by atoms with E-state index in [4.69, 9.17) is 27.2 Å². The van der Waals surface area contributed by atoms with Crippen LogP contribution in [0.5, 0.6) is 0 Å². The smallest absolute Gasteiger partial charge is 0.307 e. The molecule has 0 heterocycles. The van der Waals surface area contributed by atoms with Gasteiger partial charge in [-0.25, -0.2) is 0 Å². The first-order valence-corrected chi connectivity index (χ1v) is 4.35. The van der Waals surface area contributed by atoms with E-state index in [1.807, 2.05) is 0 Å². The Hall–Kier alpha value is -0.320. The average Bonchev–Trinajstić information content (AvgIpc) is 1.97. The zero-order chi connectivity index (χ0) is 9.40. The number of ether oxygens (including phenoxy) is 1. The summed E-state index contributed by atoms with van der Waals surface area (Å²) in [6.07, 6.45) is 0.830. The molecule has 0 spiro atoms. The van der Waals surface area contributed by atoms with E-state index in [-0.39, 0.29) is 6.42 Å². The van der Waals surface area contributed by atoms with Crippen LogP contribution < -0.4 is 5.73 Å². The van der Waals surface area contributed by atoms with Gasteiger partial charge in [0.2, 0.25) is 0 Å². The highest BCUT2D eigenvalue weighted by Gasteiger charge is 2.06. The van der Waals surface area contributed by atoms with Gasteiger partial charge in [0.1, 0.15) is 6.23 Å². The van der Waals surface area contributed by atoms with Crippen LogP contribution in [-0.2, 0) is 9.53 Å². The molecule has 4 nitrogen and oxygen atoms in total. The van der Waals surface area contributed by atoms with Gasteiger partial charge in [0, 0.05) is 12.5 Å². The molecule has 0 saturated carbocycles. The Labute approximate surface area is 76.6 Å². The zero-order valence-electron chi connectivity index (χ0n) is 6.83. The van der Waals surface area contributed by atoms with Crippen molar-refractivity contribution in [1.82, 2.24) is 0 Å². The van der Waals surface area contributed by atoms with Crippen molar-refractivity contribution in [2.75, 3.05) is 12.5 Å². The summed E-state index contributed by atoms with van der Waals surface area (Å²) in [4.78, 5) is 10.1. The molecule has 0 rings (SSSR count). The van der Waals surface area contributed by atoms with Gasteiger partial charge < -0.3 is 15.6 Å². The van der Waals surface area contributed by atoms with Crippen LogP contribution in [0, 0.1) is 0 Å². The van der Waals surface area contributed by atoms with E-state index in [0.29, 0.717) is 12.5 Å². The average molecular weight is 196 g/mol. The zero-order valence-corrected chi connectivity index (χ0v) is 7.59. The molecule has 0 bridgehead atoms. The molecule has 0 radical (unpaired) electrons. The molecule has 0 saturated heterocycles. The molecule has 3 N–H and O–H groups in total. The fraction of sp³-hybridized carbons (Fsp3) is 0.857. The van der Waals surface area contributed by atoms with E-state index in [0.717, 1.165) is 12.8 Å². The van der Waals surface area contributed by atoms with Crippen LogP contribution in [0.3, 0.4) is 0 Å². The number of rotatable bonds is 7. The Balaban J connectivity index is 3.19. The lowest BCUT2D eigenvalue weighted by Gasteiger charge is -2.09. The van der Waals surface area contributed by atoms with E-state index < -0.39 is 12.2 Å². The second kappa shape index (κ2) is 7.34. The monoisotopic (exact) mass is 195 g/mol. The Morgan fingerprint density at radius 3 is 2.75 bits per heavy atom. The van der Waals surface area contributed by atoms with Crippen LogP contribution in [0.4, 0.5) is 0 Å². The van der Waals surface area contributed by atoms with Crippen LogP contribution in [0.15, 0.2) is 0 Å². The molecular weight excluding hydrogens is 182 g/mol. The predicted molar refractivity (Wildman–Crippen MR) is 46.1 cm³/mol. The molecule has 5 heteroatoms. The first kappa shape index (κ1) is 11.7. The number of halogens is 1. The van der Waals surface area contributed by atoms with Crippen molar-refractivity contribution in [2.45, 2.75) is 25.5 Å². The summed E-state index contributed by atoms with van der Waals surface area (Å²) in [5.41, 5.74) is 5.32. The minimum atomic E-state index is -0.945. The third-order valence-corrected chi connectivity index (χ3v) is 1.50. The molecule has 72 valence electrons. The normalized spacial score (nSPS) is 12.8. The number of hydrogen-bond donors (Lipinski definition) is 2. The SMILES string of the molecule is NC(CC(=O)O)OCCCCCl. The Kier molecular flexibility index (Phi) is 7.14. The van der Waals surface area contributed by atoms with E-state index in [2.05, 4.69) is 0 Å². The number of alkyl halides is 1. The number of hydrogen-bond acceptors (Lipinski definition) is 3. The molecule has 0 aliphatic rings. The van der Waals surface area contributed by atoms with Gasteiger partial charge in [-0.15, -0.1) is 11.6 Å². The summed E-state index contributed by atoms with van der Waals surface area (Å²) in [5.74, 6) is -0.350. The van der Waals surface area contributed by atoms with Gasteiger partial charge in [0.25, 0.3) is 0 Å². The van der Waals surface area contributed by atoms with Crippen molar-refractivity contribution in [3.05, 3.63) is 0 Å². The van der Waals surface area contributed by atoms with Crippen LogP contribution >= 0.6 is 11.6 Å². The van der Waals surface area contributed by atoms with Gasteiger partial charge in [-0.05, 0) is 12.8 Å². The lowest BCUT2D eigenvalue weighted by Crippen LogP contribution is -2.27. The molecular formula is C7H14ClNO3. The van der Waals surface area contributed by atoms with E-state index in [1.165, 1.54) is 0 Å². The Morgan fingerprint density at radius 1 is 1.58 bits per heavy atom. The number of unbranched alkanes of at least 4 members (excludes halogenated alkanes) is 1.